The molecule has 0 aromatic carbocycles. The van der Waals surface area contributed by atoms with Crippen molar-refractivity contribution in [2.45, 2.75) is 38.4 Å². The van der Waals surface area contributed by atoms with Crippen molar-refractivity contribution in [1.29, 1.82) is 5.26 Å². The van der Waals surface area contributed by atoms with Crippen molar-refractivity contribution in [3.8, 4) is 6.07 Å². The molecule has 14 heteroatoms. The van der Waals surface area contributed by atoms with Gasteiger partial charge in [-0.2, -0.15) is 18.7 Å². The predicted octanol–water partition coefficient (Wildman–Crippen LogP) is -1.57. The molecule has 2 heterocycles. The van der Waals surface area contributed by atoms with E-state index in [1.807, 2.05) is 0 Å². The van der Waals surface area contributed by atoms with E-state index in [-0.39, 0.29) is 11.4 Å². The second kappa shape index (κ2) is 8.55. The van der Waals surface area contributed by atoms with Crippen LogP contribution in [0.2, 0.25) is 0 Å². The SMILES string of the molecule is CC(=O)OC[C@H]1O[C@@H](n2cc(C#N)c(N)nc2=O)[C@H](OC(C)=O)[C@H]1OS(C)(=O)=O. The summed E-state index contributed by atoms with van der Waals surface area (Å²) < 4.78 is 44.8. The number of esters is 2. The predicted molar refractivity (Wildman–Crippen MR) is 93.4 cm³/mol. The number of rotatable bonds is 6. The molecule has 158 valence electrons. The number of ether oxygens (including phenoxy) is 3. The average molecular weight is 430 g/mol. The smallest absolute Gasteiger partial charge is 0.351 e. The highest BCUT2D eigenvalue weighted by atomic mass is 32.2. The minimum Gasteiger partial charge on any atom is -0.463 e. The van der Waals surface area contributed by atoms with Crippen molar-refractivity contribution in [2.24, 2.45) is 0 Å². The highest BCUT2D eigenvalue weighted by molar-refractivity contribution is 7.86. The second-order valence-electron chi connectivity index (χ2n) is 6.05. The Morgan fingerprint density at radius 3 is 2.52 bits per heavy atom. The zero-order valence-electron chi connectivity index (χ0n) is 15.6. The molecule has 2 N–H and O–H groups in total. The van der Waals surface area contributed by atoms with Crippen LogP contribution in [0.5, 0.6) is 0 Å². The summed E-state index contributed by atoms with van der Waals surface area (Å²) in [4.78, 5) is 38.5. The molecule has 0 bridgehead atoms. The van der Waals surface area contributed by atoms with E-state index in [9.17, 15) is 22.8 Å². The Balaban J connectivity index is 2.54. The van der Waals surface area contributed by atoms with E-state index in [4.69, 9.17) is 29.4 Å². The molecule has 0 saturated carbocycles. The van der Waals surface area contributed by atoms with Crippen LogP contribution >= 0.6 is 0 Å². The third kappa shape index (κ3) is 5.50. The Labute approximate surface area is 165 Å². The van der Waals surface area contributed by atoms with E-state index in [0.29, 0.717) is 0 Å². The van der Waals surface area contributed by atoms with Gasteiger partial charge in [0.15, 0.2) is 12.3 Å². The van der Waals surface area contributed by atoms with Gasteiger partial charge in [-0.15, -0.1) is 0 Å². The van der Waals surface area contributed by atoms with Gasteiger partial charge in [0.25, 0.3) is 10.1 Å². The van der Waals surface area contributed by atoms with E-state index >= 15 is 0 Å². The molecule has 13 nitrogen and oxygen atoms in total. The number of carbonyl (C=O) groups excluding carboxylic acids is 2. The number of nitrogens with zero attached hydrogens (tertiary/aromatic N) is 3. The number of nitrogens with two attached hydrogens (primary N) is 1. The summed E-state index contributed by atoms with van der Waals surface area (Å²) in [6.07, 6.45) is -3.77. The quantitative estimate of drug-likeness (QED) is 0.404. The van der Waals surface area contributed by atoms with Crippen LogP contribution in [0.4, 0.5) is 5.82 Å². The summed E-state index contributed by atoms with van der Waals surface area (Å²) in [6.45, 7) is 1.72. The molecule has 2 rings (SSSR count). The van der Waals surface area contributed by atoms with Gasteiger partial charge in [-0.3, -0.25) is 18.3 Å². The van der Waals surface area contributed by atoms with Crippen molar-refractivity contribution < 1.29 is 36.4 Å². The molecule has 4 atom stereocenters. The maximum absolute atomic E-state index is 12.3. The summed E-state index contributed by atoms with van der Waals surface area (Å²) >= 11 is 0. The Bertz CT molecular complexity index is 1010. The van der Waals surface area contributed by atoms with Gasteiger partial charge >= 0.3 is 17.6 Å². The van der Waals surface area contributed by atoms with Gasteiger partial charge in [0.1, 0.15) is 36.3 Å². The number of hydrogen-bond donors (Lipinski definition) is 1. The second-order valence-corrected chi connectivity index (χ2v) is 7.65. The van der Waals surface area contributed by atoms with Crippen molar-refractivity contribution in [1.82, 2.24) is 9.55 Å². The molecule has 0 spiro atoms. The molecule has 1 aromatic rings. The number of carbonyl (C=O) groups is 2. The van der Waals surface area contributed by atoms with Crippen LogP contribution < -0.4 is 11.4 Å². The molecule has 29 heavy (non-hydrogen) atoms. The fourth-order valence-corrected chi connectivity index (χ4v) is 3.29. The van der Waals surface area contributed by atoms with Gasteiger partial charge in [0.2, 0.25) is 0 Å². The summed E-state index contributed by atoms with van der Waals surface area (Å²) in [7, 11) is -4.07. The van der Waals surface area contributed by atoms with Crippen LogP contribution in [-0.4, -0.2) is 61.1 Å². The number of nitriles is 1. The van der Waals surface area contributed by atoms with Gasteiger partial charge in [-0.1, -0.05) is 0 Å². The number of anilines is 1. The lowest BCUT2D eigenvalue weighted by molar-refractivity contribution is -0.155. The van der Waals surface area contributed by atoms with Crippen molar-refractivity contribution in [3.63, 3.8) is 0 Å². The third-order valence-electron chi connectivity index (χ3n) is 3.70. The maximum atomic E-state index is 12.3. The Morgan fingerprint density at radius 1 is 1.34 bits per heavy atom. The number of hydrogen-bond acceptors (Lipinski definition) is 12. The molecule has 0 unspecified atom stereocenters. The van der Waals surface area contributed by atoms with Gasteiger partial charge in [-0.25, -0.2) is 4.79 Å². The van der Waals surface area contributed by atoms with Gasteiger partial charge in [0, 0.05) is 20.0 Å². The van der Waals surface area contributed by atoms with Crippen LogP contribution in [0.15, 0.2) is 11.0 Å². The maximum Gasteiger partial charge on any atom is 0.351 e. The molecule has 1 aliphatic heterocycles. The monoisotopic (exact) mass is 430 g/mol. The fourth-order valence-electron chi connectivity index (χ4n) is 2.65. The van der Waals surface area contributed by atoms with Crippen LogP contribution in [0.25, 0.3) is 0 Å². The van der Waals surface area contributed by atoms with Crippen LogP contribution in [-0.2, 0) is 38.1 Å². The third-order valence-corrected chi connectivity index (χ3v) is 4.27. The largest absolute Gasteiger partial charge is 0.463 e. The van der Waals surface area contributed by atoms with Crippen molar-refractivity contribution in [2.75, 3.05) is 18.6 Å². The molecule has 0 amide bonds. The lowest BCUT2D eigenvalue weighted by atomic mass is 10.1. The first-order valence-corrected chi connectivity index (χ1v) is 9.87. The minimum absolute atomic E-state index is 0.168. The van der Waals surface area contributed by atoms with Gasteiger partial charge in [-0.05, 0) is 0 Å². The average Bonchev–Trinajstić information content (AvgIpc) is 2.88. The number of nitrogen functional groups attached to an aromatic ring is 1. The Kier molecular flexibility index (Phi) is 6.57. The zero-order valence-corrected chi connectivity index (χ0v) is 16.4. The molecule has 1 saturated heterocycles. The van der Waals surface area contributed by atoms with E-state index < -0.39 is 58.9 Å². The van der Waals surface area contributed by atoms with Crippen molar-refractivity contribution >= 4 is 27.9 Å². The van der Waals surface area contributed by atoms with Gasteiger partial charge in [0.05, 0.1) is 6.26 Å². The fraction of sp³-hybridized carbons (Fsp3) is 0.533. The summed E-state index contributed by atoms with van der Waals surface area (Å²) in [5.74, 6) is -1.83. The first-order chi connectivity index (χ1) is 13.4. The van der Waals surface area contributed by atoms with E-state index in [1.54, 1.807) is 6.07 Å². The Hall–Kier alpha value is -3.02. The van der Waals surface area contributed by atoms with Crippen molar-refractivity contribution in [3.05, 3.63) is 22.2 Å². The van der Waals surface area contributed by atoms with E-state index in [2.05, 4.69) is 4.98 Å². The first kappa shape index (κ1) is 22.3. The topological polar surface area (TPSA) is 190 Å². The molecule has 1 fully saturated rings. The van der Waals surface area contributed by atoms with Crippen LogP contribution in [0.1, 0.15) is 25.6 Å². The molecular formula is C15H18N4O9S. The normalized spacial score (nSPS) is 23.9. The highest BCUT2D eigenvalue weighted by Gasteiger charge is 2.51. The molecule has 0 aliphatic carbocycles. The molecule has 0 radical (unpaired) electrons. The first-order valence-electron chi connectivity index (χ1n) is 8.06. The van der Waals surface area contributed by atoms with Crippen LogP contribution in [0.3, 0.4) is 0 Å². The standard InChI is InChI=1S/C15H18N4O9S/c1-7(20)25-6-10-11(28-29(3,23)24)12(26-8(2)21)14(27-10)19-5-9(4-16)13(17)18-15(19)22/h5,10-12,14H,6H2,1-3H3,(H2,17,18,22)/t10-,11+,12-,14-/m1/s1. The lowest BCUT2D eigenvalue weighted by Gasteiger charge is -2.23. The Morgan fingerprint density at radius 2 is 2.00 bits per heavy atom. The lowest BCUT2D eigenvalue weighted by Crippen LogP contribution is -2.42. The zero-order chi connectivity index (χ0) is 21.9. The molecular weight excluding hydrogens is 412 g/mol. The van der Waals surface area contributed by atoms with E-state index in [1.165, 1.54) is 0 Å². The summed E-state index contributed by atoms with van der Waals surface area (Å²) in [5.41, 5.74) is 4.38. The van der Waals surface area contributed by atoms with E-state index in [0.717, 1.165) is 30.9 Å². The minimum atomic E-state index is -4.07. The van der Waals surface area contributed by atoms with Crippen LogP contribution in [0, 0.1) is 11.3 Å². The molecule has 1 aliphatic rings. The summed E-state index contributed by atoms with van der Waals surface area (Å²) in [5, 5.41) is 9.12. The highest BCUT2D eigenvalue weighted by Crippen LogP contribution is 2.34. The molecule has 1 aromatic heterocycles. The summed E-state index contributed by atoms with van der Waals surface area (Å²) in [6, 6.07) is 1.74. The van der Waals surface area contributed by atoms with Gasteiger partial charge < -0.3 is 19.9 Å². The number of aromatic nitrogens is 2.